The second-order valence-electron chi connectivity index (χ2n) is 3.40. The number of H-pyrrole nitrogens is 1. The number of nitrogens with two attached hydrogens (primary N) is 1. The molecule has 0 aliphatic carbocycles. The Morgan fingerprint density at radius 2 is 1.89 bits per heavy atom. The molecule has 1 aromatic heterocycles. The summed E-state index contributed by atoms with van der Waals surface area (Å²) >= 11 is 2.87. The normalized spacial score (nSPS) is 11.1. The highest BCUT2D eigenvalue weighted by atomic mass is 79.9. The van der Waals surface area contributed by atoms with Crippen molar-refractivity contribution < 1.29 is 13.2 Å². The van der Waals surface area contributed by atoms with Gasteiger partial charge in [-0.3, -0.25) is 5.10 Å². The SMILES string of the molecule is Cl.Nc1cc(-c2ccc(Br)c(C(F)(F)F)c2)[nH]n1. The van der Waals surface area contributed by atoms with E-state index in [4.69, 9.17) is 5.73 Å². The van der Waals surface area contributed by atoms with Crippen LogP contribution in [0.3, 0.4) is 0 Å². The topological polar surface area (TPSA) is 54.7 Å². The van der Waals surface area contributed by atoms with Crippen LogP contribution in [0.5, 0.6) is 0 Å². The molecule has 0 atom stereocenters. The number of anilines is 1. The zero-order valence-electron chi connectivity index (χ0n) is 8.75. The molecule has 0 aliphatic heterocycles. The quantitative estimate of drug-likeness (QED) is 0.827. The third-order valence-electron chi connectivity index (χ3n) is 2.18. The fourth-order valence-corrected chi connectivity index (χ4v) is 1.87. The van der Waals surface area contributed by atoms with Crippen molar-refractivity contribution in [3.63, 3.8) is 0 Å². The molecule has 3 nitrogen and oxygen atoms in total. The minimum Gasteiger partial charge on any atom is -0.382 e. The lowest BCUT2D eigenvalue weighted by Gasteiger charge is -2.10. The van der Waals surface area contributed by atoms with Crippen LogP contribution < -0.4 is 5.73 Å². The Hall–Kier alpha value is -1.21. The van der Waals surface area contributed by atoms with E-state index < -0.39 is 11.7 Å². The first-order chi connectivity index (χ1) is 7.88. The lowest BCUT2D eigenvalue weighted by Crippen LogP contribution is -2.06. The van der Waals surface area contributed by atoms with Crippen molar-refractivity contribution in [2.45, 2.75) is 6.18 Å². The average Bonchev–Trinajstić information content (AvgIpc) is 2.64. The van der Waals surface area contributed by atoms with Gasteiger partial charge < -0.3 is 5.73 Å². The first-order valence-corrected chi connectivity index (χ1v) is 5.35. The number of rotatable bonds is 1. The molecule has 3 N–H and O–H groups in total. The first kappa shape index (κ1) is 14.8. The smallest absolute Gasteiger partial charge is 0.382 e. The van der Waals surface area contributed by atoms with Crippen LogP contribution in [-0.4, -0.2) is 10.2 Å². The van der Waals surface area contributed by atoms with Gasteiger partial charge in [-0.2, -0.15) is 18.3 Å². The number of hydrogen-bond donors (Lipinski definition) is 2. The van der Waals surface area contributed by atoms with Crippen LogP contribution in [0.2, 0.25) is 0 Å². The predicted octanol–water partition coefficient (Wildman–Crippen LogP) is 3.86. The van der Waals surface area contributed by atoms with E-state index in [0.29, 0.717) is 11.3 Å². The van der Waals surface area contributed by atoms with E-state index in [9.17, 15) is 13.2 Å². The highest BCUT2D eigenvalue weighted by Crippen LogP contribution is 2.37. The van der Waals surface area contributed by atoms with Gasteiger partial charge in [0.15, 0.2) is 0 Å². The maximum Gasteiger partial charge on any atom is 0.417 e. The number of hydrogen-bond acceptors (Lipinski definition) is 2. The maximum absolute atomic E-state index is 12.7. The highest BCUT2D eigenvalue weighted by molar-refractivity contribution is 9.10. The third-order valence-corrected chi connectivity index (χ3v) is 2.87. The molecule has 0 bridgehead atoms. The summed E-state index contributed by atoms with van der Waals surface area (Å²) in [4.78, 5) is 0. The number of aromatic amines is 1. The van der Waals surface area contributed by atoms with Crippen molar-refractivity contribution in [2.24, 2.45) is 0 Å². The van der Waals surface area contributed by atoms with Crippen LogP contribution in [0.4, 0.5) is 19.0 Å². The maximum atomic E-state index is 12.7. The molecule has 8 heteroatoms. The summed E-state index contributed by atoms with van der Waals surface area (Å²) in [7, 11) is 0. The van der Waals surface area contributed by atoms with Gasteiger partial charge in [0.2, 0.25) is 0 Å². The van der Waals surface area contributed by atoms with Crippen LogP contribution >= 0.6 is 28.3 Å². The lowest BCUT2D eigenvalue weighted by molar-refractivity contribution is -0.138. The van der Waals surface area contributed by atoms with Gasteiger partial charge in [0.25, 0.3) is 0 Å². The van der Waals surface area contributed by atoms with E-state index in [1.165, 1.54) is 12.1 Å². The van der Waals surface area contributed by atoms with Crippen molar-refractivity contribution in [3.05, 3.63) is 34.3 Å². The number of nitrogens with zero attached hydrogens (tertiary/aromatic N) is 1. The van der Waals surface area contributed by atoms with Gasteiger partial charge in [0, 0.05) is 16.1 Å². The second-order valence-corrected chi connectivity index (χ2v) is 4.25. The summed E-state index contributed by atoms with van der Waals surface area (Å²) in [6, 6.07) is 5.40. The lowest BCUT2D eigenvalue weighted by atomic mass is 10.1. The van der Waals surface area contributed by atoms with E-state index in [1.54, 1.807) is 6.07 Å². The number of halogens is 5. The van der Waals surface area contributed by atoms with Crippen molar-refractivity contribution in [2.75, 3.05) is 5.73 Å². The van der Waals surface area contributed by atoms with Crippen molar-refractivity contribution in [1.82, 2.24) is 10.2 Å². The van der Waals surface area contributed by atoms with Crippen LogP contribution in [0.15, 0.2) is 28.7 Å². The van der Waals surface area contributed by atoms with Crippen LogP contribution in [-0.2, 0) is 6.18 Å². The molecule has 98 valence electrons. The molecule has 0 spiro atoms. The molecule has 0 radical (unpaired) electrons. The summed E-state index contributed by atoms with van der Waals surface area (Å²) < 4.78 is 38.0. The molecular formula is C10H8BrClF3N3. The van der Waals surface area contributed by atoms with Gasteiger partial charge in [0.1, 0.15) is 5.82 Å². The number of benzene rings is 1. The molecule has 1 aromatic carbocycles. The fourth-order valence-electron chi connectivity index (χ4n) is 1.40. The minimum atomic E-state index is -4.40. The number of alkyl halides is 3. The standard InChI is InChI=1S/C10H7BrF3N3.ClH/c11-7-2-1-5(3-6(7)10(12,13)14)8-4-9(15)17-16-8;/h1-4H,(H3,15,16,17);1H. The predicted molar refractivity (Wildman–Crippen MR) is 68.4 cm³/mol. The Kier molecular flexibility index (Phi) is 4.28. The van der Waals surface area contributed by atoms with Gasteiger partial charge in [-0.1, -0.05) is 22.0 Å². The van der Waals surface area contributed by atoms with E-state index in [2.05, 4.69) is 26.1 Å². The molecule has 0 aliphatic rings. The Morgan fingerprint density at radius 3 is 2.39 bits per heavy atom. The van der Waals surface area contributed by atoms with Gasteiger partial charge in [-0.25, -0.2) is 0 Å². The molecule has 1 heterocycles. The second kappa shape index (κ2) is 5.19. The zero-order valence-corrected chi connectivity index (χ0v) is 11.2. The van der Waals surface area contributed by atoms with Gasteiger partial charge in [-0.15, -0.1) is 12.4 Å². The summed E-state index contributed by atoms with van der Waals surface area (Å²) in [6.45, 7) is 0. The van der Waals surface area contributed by atoms with Gasteiger partial charge >= 0.3 is 6.18 Å². The monoisotopic (exact) mass is 341 g/mol. The minimum absolute atomic E-state index is 0. The van der Waals surface area contributed by atoms with Crippen molar-refractivity contribution in [3.8, 4) is 11.3 Å². The number of nitrogen functional groups attached to an aromatic ring is 1. The van der Waals surface area contributed by atoms with Gasteiger partial charge in [0.05, 0.1) is 11.3 Å². The first-order valence-electron chi connectivity index (χ1n) is 4.56. The molecule has 0 unspecified atom stereocenters. The average molecular weight is 343 g/mol. The third kappa shape index (κ3) is 2.97. The molecular weight excluding hydrogens is 334 g/mol. The molecule has 2 aromatic rings. The van der Waals surface area contributed by atoms with E-state index >= 15 is 0 Å². The molecule has 18 heavy (non-hydrogen) atoms. The summed E-state index contributed by atoms with van der Waals surface area (Å²) in [5, 5.41) is 6.23. The Bertz CT molecular complexity index is 554. The van der Waals surface area contributed by atoms with Crippen molar-refractivity contribution in [1.29, 1.82) is 0 Å². The molecule has 2 rings (SSSR count). The van der Waals surface area contributed by atoms with E-state index in [-0.39, 0.29) is 22.7 Å². The van der Waals surface area contributed by atoms with Crippen LogP contribution in [0, 0.1) is 0 Å². The summed E-state index contributed by atoms with van der Waals surface area (Å²) in [5.41, 5.74) is 5.49. The molecule has 0 saturated heterocycles. The number of aromatic nitrogens is 2. The summed E-state index contributed by atoms with van der Waals surface area (Å²) in [5.74, 6) is 0.233. The molecule has 0 amide bonds. The van der Waals surface area contributed by atoms with Crippen LogP contribution in [0.1, 0.15) is 5.56 Å². The zero-order chi connectivity index (χ0) is 12.6. The van der Waals surface area contributed by atoms with Crippen LogP contribution in [0.25, 0.3) is 11.3 Å². The highest BCUT2D eigenvalue weighted by Gasteiger charge is 2.33. The number of nitrogens with one attached hydrogen (secondary N) is 1. The Balaban J connectivity index is 0.00000162. The fraction of sp³-hybridized carbons (Fsp3) is 0.100. The molecule has 0 fully saturated rings. The molecule has 0 saturated carbocycles. The Morgan fingerprint density at radius 1 is 1.22 bits per heavy atom. The summed E-state index contributed by atoms with van der Waals surface area (Å²) in [6.07, 6.45) is -4.40. The van der Waals surface area contributed by atoms with E-state index in [0.717, 1.165) is 6.07 Å². The largest absolute Gasteiger partial charge is 0.417 e. The van der Waals surface area contributed by atoms with E-state index in [1.807, 2.05) is 0 Å². The van der Waals surface area contributed by atoms with Crippen molar-refractivity contribution >= 4 is 34.2 Å². The Labute approximate surface area is 115 Å². The van der Waals surface area contributed by atoms with Gasteiger partial charge in [-0.05, 0) is 12.1 Å².